The Labute approximate surface area is 283 Å². The monoisotopic (exact) mass is 677 g/mol. The highest BCUT2D eigenvalue weighted by Crippen LogP contribution is 2.66. The fourth-order valence-corrected chi connectivity index (χ4v) is 8.94. The number of likely N-dealkylation sites (tertiary alicyclic amines) is 1. The predicted molar refractivity (Wildman–Crippen MR) is 182 cm³/mol. The highest BCUT2D eigenvalue weighted by Gasteiger charge is 2.64. The summed E-state index contributed by atoms with van der Waals surface area (Å²) in [5, 5.41) is 9.05. The van der Waals surface area contributed by atoms with Crippen molar-refractivity contribution in [3.05, 3.63) is 0 Å². The fourth-order valence-electron chi connectivity index (χ4n) is 8.54. The second-order valence-corrected chi connectivity index (χ2v) is 17.4. The highest BCUT2D eigenvalue weighted by atomic mass is 32.2. The third kappa shape index (κ3) is 8.64. The molecule has 7 atom stereocenters. The third-order valence-corrected chi connectivity index (χ3v) is 12.3. The predicted octanol–water partition coefficient (Wildman–Crippen LogP) is 3.77. The minimum absolute atomic E-state index is 0.0272. The zero-order valence-electron chi connectivity index (χ0n) is 29.7. The molecule has 0 bridgehead atoms. The Morgan fingerprint density at radius 1 is 0.957 bits per heavy atom. The molecule has 47 heavy (non-hydrogen) atoms. The van der Waals surface area contributed by atoms with Crippen LogP contribution in [0.25, 0.3) is 0 Å². The molecule has 0 radical (unpaired) electrons. The number of urea groups is 1. The molecule has 4 N–H and O–H groups in total. The van der Waals surface area contributed by atoms with Crippen LogP contribution in [0.2, 0.25) is 0 Å². The standard InChI is InChI=1S/C35H59N5O6S/c1-8-9-13-25(28(42)22(2)41)37-30(43)27-23-14-17-35(18-19-35)24(23)21-40(27)31(44)29(34(6)15-11-10-12-16-34)39-32(45)38-26(33(3,4)5)20-36-47(7)46/h23-27,29,36H,8-21H2,1-7H3,(H,37,43)(H2,38,39,45)/t23-,24-,25?,26+,27-,29+,47?/m0/s1. The molecule has 1 heterocycles. The van der Waals surface area contributed by atoms with E-state index in [0.29, 0.717) is 25.9 Å². The van der Waals surface area contributed by atoms with Gasteiger partial charge in [0.1, 0.15) is 12.1 Å². The van der Waals surface area contributed by atoms with Crippen LogP contribution in [0.3, 0.4) is 0 Å². The van der Waals surface area contributed by atoms with Gasteiger partial charge in [0.05, 0.1) is 17.0 Å². The number of hydrogen-bond donors (Lipinski definition) is 4. The van der Waals surface area contributed by atoms with Gasteiger partial charge >= 0.3 is 6.03 Å². The largest absolute Gasteiger partial charge is 0.344 e. The van der Waals surface area contributed by atoms with Crippen LogP contribution in [-0.4, -0.2) is 82.0 Å². The van der Waals surface area contributed by atoms with E-state index in [1.54, 1.807) is 11.2 Å². The number of nitrogens with one attached hydrogen (secondary N) is 4. The third-order valence-electron chi connectivity index (χ3n) is 11.7. The zero-order valence-corrected chi connectivity index (χ0v) is 30.5. The summed E-state index contributed by atoms with van der Waals surface area (Å²) in [6.45, 7) is 12.0. The van der Waals surface area contributed by atoms with Crippen molar-refractivity contribution in [2.75, 3.05) is 19.3 Å². The number of hydrogen-bond acceptors (Lipinski definition) is 6. The Morgan fingerprint density at radius 3 is 2.17 bits per heavy atom. The lowest BCUT2D eigenvalue weighted by Gasteiger charge is -2.43. The molecule has 2 unspecified atom stereocenters. The van der Waals surface area contributed by atoms with E-state index in [9.17, 15) is 28.2 Å². The summed E-state index contributed by atoms with van der Waals surface area (Å²) < 4.78 is 14.7. The van der Waals surface area contributed by atoms with Gasteiger partial charge in [-0.2, -0.15) is 0 Å². The van der Waals surface area contributed by atoms with Gasteiger partial charge in [-0.15, -0.1) is 0 Å². The Hall–Kier alpha value is -2.34. The number of unbranched alkanes of at least 4 members (excludes halogenated alkanes) is 1. The first-order chi connectivity index (χ1) is 22.0. The number of rotatable bonds is 14. The Kier molecular flexibility index (Phi) is 12.0. The number of ketones is 2. The summed E-state index contributed by atoms with van der Waals surface area (Å²) in [5.41, 5.74) is -0.689. The van der Waals surface area contributed by atoms with Gasteiger partial charge in [0.25, 0.3) is 0 Å². The maximum absolute atomic E-state index is 14.9. The van der Waals surface area contributed by atoms with E-state index in [4.69, 9.17) is 0 Å². The summed E-state index contributed by atoms with van der Waals surface area (Å²) in [7, 11) is -1.25. The summed E-state index contributed by atoms with van der Waals surface area (Å²) in [6.07, 6.45) is 12.0. The lowest BCUT2D eigenvalue weighted by atomic mass is 9.70. The van der Waals surface area contributed by atoms with Crippen LogP contribution in [0.1, 0.15) is 119 Å². The van der Waals surface area contributed by atoms with E-state index >= 15 is 0 Å². The zero-order chi connectivity index (χ0) is 34.7. The molecule has 4 fully saturated rings. The summed E-state index contributed by atoms with van der Waals surface area (Å²) in [6, 6.07) is -3.36. The molecule has 3 aliphatic carbocycles. The van der Waals surface area contributed by atoms with E-state index < -0.39 is 52.1 Å². The first-order valence-corrected chi connectivity index (χ1v) is 19.4. The number of Topliss-reactive ketones (excluding diaryl/α,β-unsaturated/α-hetero) is 2. The maximum Gasteiger partial charge on any atom is 0.315 e. The molecule has 11 nitrogen and oxygen atoms in total. The van der Waals surface area contributed by atoms with Crippen molar-refractivity contribution in [3.63, 3.8) is 0 Å². The maximum atomic E-state index is 14.9. The van der Waals surface area contributed by atoms with Crippen molar-refractivity contribution >= 4 is 40.4 Å². The molecule has 0 aromatic rings. The van der Waals surface area contributed by atoms with Gasteiger partial charge in [0, 0.05) is 32.3 Å². The molecule has 4 aliphatic rings. The lowest BCUT2D eigenvalue weighted by molar-refractivity contribution is -0.145. The molecular formula is C35H59N5O6S. The van der Waals surface area contributed by atoms with Crippen molar-refractivity contribution in [2.45, 2.75) is 143 Å². The quantitative estimate of drug-likeness (QED) is 0.205. The Morgan fingerprint density at radius 2 is 1.62 bits per heavy atom. The molecule has 4 amide bonds. The molecule has 4 rings (SSSR count). The Bertz CT molecular complexity index is 1220. The minimum atomic E-state index is -1.25. The van der Waals surface area contributed by atoms with Crippen LogP contribution in [0.4, 0.5) is 4.79 Å². The first kappa shape index (κ1) is 37.5. The van der Waals surface area contributed by atoms with Gasteiger partial charge in [0.2, 0.25) is 17.6 Å². The molecule has 0 aromatic carbocycles. The molecule has 12 heteroatoms. The average molecular weight is 678 g/mol. The van der Waals surface area contributed by atoms with Crippen molar-refractivity contribution in [1.29, 1.82) is 0 Å². The molecule has 0 aromatic heterocycles. The van der Waals surface area contributed by atoms with Gasteiger partial charge in [-0.3, -0.25) is 19.2 Å². The van der Waals surface area contributed by atoms with Crippen LogP contribution < -0.4 is 20.7 Å². The topological polar surface area (TPSA) is 154 Å². The van der Waals surface area contributed by atoms with Crippen molar-refractivity contribution < 1.29 is 28.2 Å². The number of amides is 4. The molecule has 1 spiro atoms. The van der Waals surface area contributed by atoms with Gasteiger partial charge in [-0.1, -0.05) is 66.7 Å². The average Bonchev–Trinajstić information content (AvgIpc) is 3.57. The summed E-state index contributed by atoms with van der Waals surface area (Å²) >= 11 is 0. The normalized spacial score (nSPS) is 26.9. The van der Waals surface area contributed by atoms with Crippen LogP contribution >= 0.6 is 0 Å². The van der Waals surface area contributed by atoms with Crippen LogP contribution in [0.15, 0.2) is 0 Å². The van der Waals surface area contributed by atoms with E-state index in [-0.39, 0.29) is 40.5 Å². The summed E-state index contributed by atoms with van der Waals surface area (Å²) in [5.74, 6) is -1.65. The van der Waals surface area contributed by atoms with Crippen molar-refractivity contribution in [3.8, 4) is 0 Å². The molecular weight excluding hydrogens is 618 g/mol. The first-order valence-electron chi connectivity index (χ1n) is 17.8. The van der Waals surface area contributed by atoms with Crippen molar-refractivity contribution in [1.82, 2.24) is 25.6 Å². The van der Waals surface area contributed by atoms with E-state index in [0.717, 1.165) is 64.2 Å². The second kappa shape index (κ2) is 15.0. The van der Waals surface area contributed by atoms with Crippen LogP contribution in [-0.2, 0) is 30.2 Å². The van der Waals surface area contributed by atoms with E-state index in [1.807, 2.05) is 27.7 Å². The Balaban J connectivity index is 1.63. The second-order valence-electron chi connectivity index (χ2n) is 16.2. The number of carbonyl (C=O) groups excluding carboxylic acids is 5. The fraction of sp³-hybridized carbons (Fsp3) is 0.857. The number of carbonyl (C=O) groups is 5. The highest BCUT2D eigenvalue weighted by molar-refractivity contribution is 7.82. The number of fused-ring (bicyclic) bond motifs is 2. The van der Waals surface area contributed by atoms with Gasteiger partial charge < -0.3 is 20.9 Å². The number of nitrogens with zero attached hydrogens (tertiary/aromatic N) is 1. The van der Waals surface area contributed by atoms with Gasteiger partial charge in [-0.25, -0.2) is 13.7 Å². The molecule has 3 saturated carbocycles. The van der Waals surface area contributed by atoms with Crippen LogP contribution in [0.5, 0.6) is 0 Å². The van der Waals surface area contributed by atoms with Crippen molar-refractivity contribution in [2.24, 2.45) is 28.1 Å². The lowest BCUT2D eigenvalue weighted by Crippen LogP contribution is -2.63. The molecule has 266 valence electrons. The SMILES string of the molecule is CCCCC(NC(=O)[C@@H]1[C@H]2CCC3(CC3)[C@H]2CN1C(=O)[C@@H](NC(=O)N[C@H](CNS(C)=O)C(C)(C)C)C1(C)CCCCC1)C(=O)C(C)=O. The summed E-state index contributed by atoms with van der Waals surface area (Å²) in [4.78, 5) is 69.5. The molecule has 1 saturated heterocycles. The van der Waals surface area contributed by atoms with Gasteiger partial charge in [-0.05, 0) is 73.0 Å². The van der Waals surface area contributed by atoms with Gasteiger partial charge in [0.15, 0.2) is 5.78 Å². The smallest absolute Gasteiger partial charge is 0.315 e. The van der Waals surface area contributed by atoms with E-state index in [1.165, 1.54) is 6.92 Å². The minimum Gasteiger partial charge on any atom is -0.344 e. The molecule has 1 aliphatic heterocycles. The van der Waals surface area contributed by atoms with E-state index in [2.05, 4.69) is 27.6 Å². The van der Waals surface area contributed by atoms with Crippen LogP contribution in [0, 0.1) is 28.1 Å².